The van der Waals surface area contributed by atoms with Crippen LogP contribution in [0.4, 0.5) is 5.69 Å². The molecule has 0 amide bonds. The fourth-order valence-corrected chi connectivity index (χ4v) is 5.26. The van der Waals surface area contributed by atoms with Gasteiger partial charge in [0.1, 0.15) is 0 Å². The van der Waals surface area contributed by atoms with Crippen LogP contribution in [-0.4, -0.2) is 56.2 Å². The van der Waals surface area contributed by atoms with E-state index in [0.29, 0.717) is 12.0 Å². The van der Waals surface area contributed by atoms with Crippen LogP contribution in [0.1, 0.15) is 17.2 Å². The molecule has 2 aromatic carbocycles. The molecule has 0 spiro atoms. The standard InChI is InChI=1S/C19H24N2O4S/c1-20(2)15-9-7-14(8-10-15)13-17-19(23)16-5-3-4-6-18(16)26(24,25)21(17)11-12-22/h3-10,17,19,22-23H,11-13H2,1-2H3/t17-,19-/m0/s1. The van der Waals surface area contributed by atoms with Gasteiger partial charge in [-0.15, -0.1) is 0 Å². The molecule has 2 atom stereocenters. The normalized spacial score (nSPS) is 22.0. The highest BCUT2D eigenvalue weighted by atomic mass is 32.2. The van der Waals surface area contributed by atoms with E-state index in [1.54, 1.807) is 18.2 Å². The quantitative estimate of drug-likeness (QED) is 0.824. The summed E-state index contributed by atoms with van der Waals surface area (Å²) in [5.41, 5.74) is 2.39. The Bertz CT molecular complexity index is 865. The molecule has 0 bridgehead atoms. The van der Waals surface area contributed by atoms with E-state index in [0.717, 1.165) is 11.3 Å². The number of aliphatic hydroxyl groups excluding tert-OH is 2. The molecule has 1 aliphatic rings. The Morgan fingerprint density at radius 2 is 1.73 bits per heavy atom. The van der Waals surface area contributed by atoms with Crippen LogP contribution >= 0.6 is 0 Å². The summed E-state index contributed by atoms with van der Waals surface area (Å²) in [5, 5.41) is 20.2. The predicted molar refractivity (Wildman–Crippen MR) is 101 cm³/mol. The summed E-state index contributed by atoms with van der Waals surface area (Å²) in [4.78, 5) is 2.10. The Morgan fingerprint density at radius 3 is 2.35 bits per heavy atom. The Kier molecular flexibility index (Phi) is 5.34. The molecule has 0 radical (unpaired) electrons. The van der Waals surface area contributed by atoms with Crippen molar-refractivity contribution in [1.82, 2.24) is 4.31 Å². The number of β-amino-alcohol motifs (C(OH)–C–C–N with tert-alkyl or cyclic N) is 1. The summed E-state index contributed by atoms with van der Waals surface area (Å²) in [5.74, 6) is 0. The first kappa shape index (κ1) is 18.8. The van der Waals surface area contributed by atoms with Crippen molar-refractivity contribution in [2.24, 2.45) is 0 Å². The van der Waals surface area contributed by atoms with Crippen molar-refractivity contribution in [2.75, 3.05) is 32.1 Å². The summed E-state index contributed by atoms with van der Waals surface area (Å²) in [6, 6.07) is 13.7. The summed E-state index contributed by atoms with van der Waals surface area (Å²) < 4.78 is 27.2. The van der Waals surface area contributed by atoms with Crippen LogP contribution < -0.4 is 4.90 Å². The van der Waals surface area contributed by atoms with Crippen molar-refractivity contribution >= 4 is 15.7 Å². The van der Waals surface area contributed by atoms with E-state index in [-0.39, 0.29) is 18.0 Å². The van der Waals surface area contributed by atoms with Gasteiger partial charge >= 0.3 is 0 Å². The fourth-order valence-electron chi connectivity index (χ4n) is 3.40. The molecule has 2 N–H and O–H groups in total. The smallest absolute Gasteiger partial charge is 0.243 e. The minimum absolute atomic E-state index is 0.0474. The Morgan fingerprint density at radius 1 is 1.08 bits per heavy atom. The van der Waals surface area contributed by atoms with Gasteiger partial charge in [-0.2, -0.15) is 4.31 Å². The minimum atomic E-state index is -3.76. The van der Waals surface area contributed by atoms with Gasteiger partial charge < -0.3 is 15.1 Å². The zero-order valence-corrected chi connectivity index (χ0v) is 15.7. The number of aliphatic hydroxyl groups is 2. The molecule has 3 rings (SSSR count). The molecule has 6 nitrogen and oxygen atoms in total. The van der Waals surface area contributed by atoms with E-state index >= 15 is 0 Å². The molecule has 0 unspecified atom stereocenters. The molecule has 0 aromatic heterocycles. The second-order valence-electron chi connectivity index (χ2n) is 6.65. The monoisotopic (exact) mass is 376 g/mol. The van der Waals surface area contributed by atoms with Crippen molar-refractivity contribution < 1.29 is 18.6 Å². The highest BCUT2D eigenvalue weighted by Gasteiger charge is 2.43. The van der Waals surface area contributed by atoms with Crippen LogP contribution in [0.5, 0.6) is 0 Å². The molecule has 1 aliphatic heterocycles. The molecule has 1 heterocycles. The van der Waals surface area contributed by atoms with Gasteiger partial charge in [0.15, 0.2) is 0 Å². The minimum Gasteiger partial charge on any atom is -0.395 e. The highest BCUT2D eigenvalue weighted by molar-refractivity contribution is 7.89. The van der Waals surface area contributed by atoms with E-state index in [1.807, 2.05) is 43.3 Å². The van der Waals surface area contributed by atoms with E-state index in [9.17, 15) is 18.6 Å². The fraction of sp³-hybridized carbons (Fsp3) is 0.368. The van der Waals surface area contributed by atoms with E-state index in [2.05, 4.69) is 0 Å². The van der Waals surface area contributed by atoms with Gasteiger partial charge in [-0.05, 0) is 30.2 Å². The maximum atomic E-state index is 13.0. The first-order chi connectivity index (χ1) is 12.4. The number of hydrogen-bond acceptors (Lipinski definition) is 5. The van der Waals surface area contributed by atoms with Crippen molar-refractivity contribution in [1.29, 1.82) is 0 Å². The average Bonchev–Trinajstić information content (AvgIpc) is 2.63. The van der Waals surface area contributed by atoms with Gasteiger partial charge in [0.25, 0.3) is 0 Å². The average molecular weight is 376 g/mol. The maximum absolute atomic E-state index is 13.0. The second-order valence-corrected chi connectivity index (χ2v) is 8.51. The van der Waals surface area contributed by atoms with Crippen LogP contribution in [-0.2, 0) is 16.4 Å². The van der Waals surface area contributed by atoms with Gasteiger partial charge in [0.05, 0.1) is 23.6 Å². The van der Waals surface area contributed by atoms with Gasteiger partial charge in [-0.3, -0.25) is 0 Å². The van der Waals surface area contributed by atoms with E-state index in [1.165, 1.54) is 10.4 Å². The number of benzene rings is 2. The van der Waals surface area contributed by atoms with Gasteiger partial charge in [0, 0.05) is 31.9 Å². The number of hydrogen-bond donors (Lipinski definition) is 2. The molecular formula is C19H24N2O4S. The van der Waals surface area contributed by atoms with Crippen LogP contribution in [0.25, 0.3) is 0 Å². The van der Waals surface area contributed by atoms with Gasteiger partial charge in [-0.1, -0.05) is 30.3 Å². The third-order valence-corrected chi connectivity index (χ3v) is 6.78. The van der Waals surface area contributed by atoms with Crippen molar-refractivity contribution in [3.05, 3.63) is 59.7 Å². The molecule has 7 heteroatoms. The third-order valence-electron chi connectivity index (χ3n) is 4.78. The summed E-state index contributed by atoms with van der Waals surface area (Å²) in [6.45, 7) is -0.349. The number of sulfonamides is 1. The zero-order chi connectivity index (χ0) is 18.9. The first-order valence-corrected chi connectivity index (χ1v) is 9.96. The second kappa shape index (κ2) is 7.36. The van der Waals surface area contributed by atoms with Crippen molar-refractivity contribution in [2.45, 2.75) is 23.5 Å². The molecule has 0 saturated heterocycles. The lowest BCUT2D eigenvalue weighted by Gasteiger charge is -2.39. The maximum Gasteiger partial charge on any atom is 0.243 e. The van der Waals surface area contributed by atoms with Crippen LogP contribution in [0.3, 0.4) is 0 Å². The first-order valence-electron chi connectivity index (χ1n) is 8.52. The van der Waals surface area contributed by atoms with Crippen molar-refractivity contribution in [3.8, 4) is 0 Å². The number of nitrogens with zero attached hydrogens (tertiary/aromatic N) is 2. The molecule has 2 aromatic rings. The molecule has 140 valence electrons. The summed E-state index contributed by atoms with van der Waals surface area (Å²) >= 11 is 0. The summed E-state index contributed by atoms with van der Waals surface area (Å²) in [7, 11) is 0.138. The van der Waals surface area contributed by atoms with Gasteiger partial charge in [-0.25, -0.2) is 8.42 Å². The molecule has 0 fully saturated rings. The van der Waals surface area contributed by atoms with Crippen LogP contribution in [0, 0.1) is 0 Å². The lowest BCUT2D eigenvalue weighted by molar-refractivity contribution is 0.0725. The van der Waals surface area contributed by atoms with Gasteiger partial charge in [0.2, 0.25) is 10.0 Å². The lowest BCUT2D eigenvalue weighted by atomic mass is 9.95. The topological polar surface area (TPSA) is 81.1 Å². The SMILES string of the molecule is CN(C)c1ccc(C[C@H]2[C@@H](O)c3ccccc3S(=O)(=O)N2CCO)cc1. The number of anilines is 1. The molecule has 26 heavy (non-hydrogen) atoms. The van der Waals surface area contributed by atoms with Crippen LogP contribution in [0.15, 0.2) is 53.4 Å². The Balaban J connectivity index is 1.98. The zero-order valence-electron chi connectivity index (χ0n) is 14.9. The number of rotatable bonds is 5. The predicted octanol–water partition coefficient (Wildman–Crippen LogP) is 1.39. The summed E-state index contributed by atoms with van der Waals surface area (Å²) in [6.07, 6.45) is -0.586. The molecular weight excluding hydrogens is 352 g/mol. The Labute approximate surface area is 154 Å². The number of fused-ring (bicyclic) bond motifs is 1. The van der Waals surface area contributed by atoms with E-state index in [4.69, 9.17) is 0 Å². The Hall–Kier alpha value is -1.93. The van der Waals surface area contributed by atoms with E-state index < -0.39 is 22.2 Å². The molecule has 0 aliphatic carbocycles. The lowest BCUT2D eigenvalue weighted by Crippen LogP contribution is -2.50. The highest BCUT2D eigenvalue weighted by Crippen LogP contribution is 2.37. The third kappa shape index (κ3) is 3.35. The molecule has 0 saturated carbocycles. The largest absolute Gasteiger partial charge is 0.395 e. The van der Waals surface area contributed by atoms with Crippen molar-refractivity contribution in [3.63, 3.8) is 0 Å². The van der Waals surface area contributed by atoms with Crippen LogP contribution in [0.2, 0.25) is 0 Å².